The molecule has 0 rings (SSSR count). The Bertz CT molecular complexity index is 141. The number of nitrogens with zero attached hydrogens (tertiary/aromatic N) is 1. The van der Waals surface area contributed by atoms with Crippen molar-refractivity contribution in [1.29, 1.82) is 0 Å². The SMILES string of the molecule is CCOC(=O)CC(C)=NC. The van der Waals surface area contributed by atoms with Crippen LogP contribution in [0.2, 0.25) is 0 Å². The number of rotatable bonds is 3. The van der Waals surface area contributed by atoms with Crippen LogP contribution in [0.15, 0.2) is 4.99 Å². The van der Waals surface area contributed by atoms with E-state index in [1.54, 1.807) is 20.9 Å². The molecule has 0 heterocycles. The Labute approximate surface area is 61.1 Å². The second-order valence-corrected chi connectivity index (χ2v) is 1.94. The van der Waals surface area contributed by atoms with Crippen LogP contribution < -0.4 is 0 Å². The Morgan fingerprint density at radius 3 is 2.60 bits per heavy atom. The lowest BCUT2D eigenvalue weighted by Gasteiger charge is -1.99. The lowest BCUT2D eigenvalue weighted by molar-refractivity contribution is -0.141. The monoisotopic (exact) mass is 143 g/mol. The van der Waals surface area contributed by atoms with Crippen molar-refractivity contribution in [3.63, 3.8) is 0 Å². The van der Waals surface area contributed by atoms with Gasteiger partial charge in [-0.05, 0) is 13.8 Å². The van der Waals surface area contributed by atoms with Crippen molar-refractivity contribution < 1.29 is 9.53 Å². The molecule has 0 spiro atoms. The molecule has 0 aromatic carbocycles. The highest BCUT2D eigenvalue weighted by Crippen LogP contribution is 1.89. The van der Waals surface area contributed by atoms with Gasteiger partial charge in [0.2, 0.25) is 0 Å². The van der Waals surface area contributed by atoms with Gasteiger partial charge in [0.05, 0.1) is 13.0 Å². The summed E-state index contributed by atoms with van der Waals surface area (Å²) in [5, 5.41) is 0. The Balaban J connectivity index is 3.58. The summed E-state index contributed by atoms with van der Waals surface area (Å²) >= 11 is 0. The van der Waals surface area contributed by atoms with E-state index in [0.29, 0.717) is 13.0 Å². The average Bonchev–Trinajstić information content (AvgIpc) is 1.88. The van der Waals surface area contributed by atoms with Crippen molar-refractivity contribution in [3.8, 4) is 0 Å². The Kier molecular flexibility index (Phi) is 4.54. The number of carbonyl (C=O) groups excluding carboxylic acids is 1. The van der Waals surface area contributed by atoms with E-state index in [2.05, 4.69) is 4.99 Å². The molecule has 0 aliphatic heterocycles. The topological polar surface area (TPSA) is 38.7 Å². The second-order valence-electron chi connectivity index (χ2n) is 1.94. The lowest BCUT2D eigenvalue weighted by Crippen LogP contribution is -2.08. The molecule has 0 aliphatic carbocycles. The predicted octanol–water partition coefficient (Wildman–Crippen LogP) is 1.03. The Morgan fingerprint density at radius 1 is 1.60 bits per heavy atom. The lowest BCUT2D eigenvalue weighted by atomic mass is 10.3. The minimum absolute atomic E-state index is 0.203. The number of hydrogen-bond acceptors (Lipinski definition) is 3. The van der Waals surface area contributed by atoms with Gasteiger partial charge in [-0.25, -0.2) is 0 Å². The quantitative estimate of drug-likeness (QED) is 0.437. The third-order valence-electron chi connectivity index (χ3n) is 1.09. The van der Waals surface area contributed by atoms with E-state index in [1.165, 1.54) is 0 Å². The third-order valence-corrected chi connectivity index (χ3v) is 1.09. The minimum atomic E-state index is -0.203. The standard InChI is InChI=1S/C7H13NO2/c1-4-10-7(9)5-6(2)8-3/h4-5H2,1-3H3. The highest BCUT2D eigenvalue weighted by Gasteiger charge is 2.01. The molecule has 10 heavy (non-hydrogen) atoms. The van der Waals surface area contributed by atoms with Crippen molar-refractivity contribution >= 4 is 11.7 Å². The maximum absolute atomic E-state index is 10.7. The van der Waals surface area contributed by atoms with E-state index in [4.69, 9.17) is 4.74 Å². The molecule has 0 saturated heterocycles. The van der Waals surface area contributed by atoms with Crippen LogP contribution in [0.5, 0.6) is 0 Å². The van der Waals surface area contributed by atoms with E-state index in [9.17, 15) is 4.79 Å². The van der Waals surface area contributed by atoms with E-state index in [1.807, 2.05) is 0 Å². The largest absolute Gasteiger partial charge is 0.466 e. The molecule has 58 valence electrons. The van der Waals surface area contributed by atoms with E-state index in [-0.39, 0.29) is 5.97 Å². The molecule has 0 aromatic heterocycles. The fourth-order valence-corrected chi connectivity index (χ4v) is 0.500. The maximum Gasteiger partial charge on any atom is 0.311 e. The van der Waals surface area contributed by atoms with E-state index >= 15 is 0 Å². The number of aliphatic imine (C=N–C) groups is 1. The van der Waals surface area contributed by atoms with Gasteiger partial charge in [0.1, 0.15) is 0 Å². The highest BCUT2D eigenvalue weighted by atomic mass is 16.5. The fraction of sp³-hybridized carbons (Fsp3) is 0.714. The number of carbonyl (C=O) groups is 1. The molecule has 0 saturated carbocycles. The van der Waals surface area contributed by atoms with Gasteiger partial charge in [-0.3, -0.25) is 9.79 Å². The highest BCUT2D eigenvalue weighted by molar-refractivity contribution is 5.97. The average molecular weight is 143 g/mol. The van der Waals surface area contributed by atoms with Crippen LogP contribution in [0.4, 0.5) is 0 Å². The molecular weight excluding hydrogens is 130 g/mol. The van der Waals surface area contributed by atoms with Crippen molar-refractivity contribution in [2.45, 2.75) is 20.3 Å². The molecule has 3 heteroatoms. The molecule has 0 aromatic rings. The summed E-state index contributed by atoms with van der Waals surface area (Å²) in [6, 6.07) is 0. The summed E-state index contributed by atoms with van der Waals surface area (Å²) in [5.74, 6) is -0.203. The van der Waals surface area contributed by atoms with Crippen molar-refractivity contribution in [1.82, 2.24) is 0 Å². The summed E-state index contributed by atoms with van der Waals surface area (Å²) in [5.41, 5.74) is 0.804. The van der Waals surface area contributed by atoms with Crippen LogP contribution in [-0.2, 0) is 9.53 Å². The molecule has 0 aliphatic rings. The van der Waals surface area contributed by atoms with Gasteiger partial charge in [-0.2, -0.15) is 0 Å². The number of hydrogen-bond donors (Lipinski definition) is 0. The van der Waals surface area contributed by atoms with Gasteiger partial charge >= 0.3 is 5.97 Å². The first-order chi connectivity index (χ1) is 4.70. The van der Waals surface area contributed by atoms with Gasteiger partial charge in [-0.15, -0.1) is 0 Å². The minimum Gasteiger partial charge on any atom is -0.466 e. The smallest absolute Gasteiger partial charge is 0.311 e. The first-order valence-electron chi connectivity index (χ1n) is 3.28. The first kappa shape index (κ1) is 9.14. The van der Waals surface area contributed by atoms with Crippen LogP contribution in [0, 0.1) is 0 Å². The van der Waals surface area contributed by atoms with Crippen LogP contribution in [-0.4, -0.2) is 25.3 Å². The molecule has 0 unspecified atom stereocenters. The van der Waals surface area contributed by atoms with Gasteiger partial charge in [0, 0.05) is 12.8 Å². The maximum atomic E-state index is 10.7. The zero-order chi connectivity index (χ0) is 7.98. The summed E-state index contributed by atoms with van der Waals surface area (Å²) in [6.45, 7) is 4.03. The summed E-state index contributed by atoms with van der Waals surface area (Å²) in [6.07, 6.45) is 0.310. The van der Waals surface area contributed by atoms with Crippen LogP contribution >= 0.6 is 0 Å². The fourth-order valence-electron chi connectivity index (χ4n) is 0.500. The Morgan fingerprint density at radius 2 is 2.20 bits per heavy atom. The van der Waals surface area contributed by atoms with Crippen molar-refractivity contribution in [2.75, 3.05) is 13.7 Å². The summed E-state index contributed by atoms with van der Waals surface area (Å²) in [4.78, 5) is 14.5. The normalized spacial score (nSPS) is 11.3. The van der Waals surface area contributed by atoms with Crippen molar-refractivity contribution in [3.05, 3.63) is 0 Å². The molecule has 0 amide bonds. The van der Waals surface area contributed by atoms with Crippen LogP contribution in [0.1, 0.15) is 20.3 Å². The third kappa shape index (κ3) is 4.06. The molecule has 0 radical (unpaired) electrons. The molecule has 0 N–H and O–H groups in total. The summed E-state index contributed by atoms with van der Waals surface area (Å²) in [7, 11) is 1.66. The molecule has 0 bridgehead atoms. The zero-order valence-corrected chi connectivity index (χ0v) is 6.68. The van der Waals surface area contributed by atoms with Gasteiger partial charge < -0.3 is 4.74 Å². The van der Waals surface area contributed by atoms with Gasteiger partial charge in [0.25, 0.3) is 0 Å². The van der Waals surface area contributed by atoms with Gasteiger partial charge in [0.15, 0.2) is 0 Å². The molecule has 3 nitrogen and oxygen atoms in total. The van der Waals surface area contributed by atoms with Gasteiger partial charge in [-0.1, -0.05) is 0 Å². The van der Waals surface area contributed by atoms with Crippen LogP contribution in [0.3, 0.4) is 0 Å². The molecular formula is C7H13NO2. The first-order valence-corrected chi connectivity index (χ1v) is 3.28. The molecule has 0 atom stereocenters. The Hall–Kier alpha value is -0.860. The molecule has 0 fully saturated rings. The number of esters is 1. The van der Waals surface area contributed by atoms with Crippen LogP contribution in [0.25, 0.3) is 0 Å². The van der Waals surface area contributed by atoms with E-state index < -0.39 is 0 Å². The van der Waals surface area contributed by atoms with Crippen molar-refractivity contribution in [2.24, 2.45) is 4.99 Å². The predicted molar refractivity (Wildman–Crippen MR) is 40.3 cm³/mol. The number of ether oxygens (including phenoxy) is 1. The summed E-state index contributed by atoms with van der Waals surface area (Å²) < 4.78 is 4.69. The zero-order valence-electron chi connectivity index (χ0n) is 6.68. The second kappa shape index (κ2) is 4.97. The van der Waals surface area contributed by atoms with E-state index in [0.717, 1.165) is 5.71 Å².